The molecule has 7 heteroatoms. The van der Waals surface area contributed by atoms with Crippen LogP contribution < -0.4 is 10.6 Å². The Morgan fingerprint density at radius 3 is 2.42 bits per heavy atom. The Balaban J connectivity index is 0.00000288. The Morgan fingerprint density at radius 1 is 1.12 bits per heavy atom. The van der Waals surface area contributed by atoms with E-state index in [1.54, 1.807) is 19.2 Å². The van der Waals surface area contributed by atoms with Crippen LogP contribution in [0.15, 0.2) is 29.3 Å². The van der Waals surface area contributed by atoms with Crippen LogP contribution in [-0.4, -0.2) is 68.6 Å². The quantitative estimate of drug-likeness (QED) is 0.395. The summed E-state index contributed by atoms with van der Waals surface area (Å²) >= 11 is 0. The largest absolute Gasteiger partial charge is 0.355 e. The number of rotatable bonds is 6. The van der Waals surface area contributed by atoms with Crippen LogP contribution in [0.2, 0.25) is 0 Å². The summed E-state index contributed by atoms with van der Waals surface area (Å²) in [6.45, 7) is 10.2. The maximum absolute atomic E-state index is 13.6. The zero-order chi connectivity index (χ0) is 16.5. The molecule has 2 rings (SSSR count). The van der Waals surface area contributed by atoms with Crippen molar-refractivity contribution in [3.8, 4) is 0 Å². The van der Waals surface area contributed by atoms with E-state index in [0.29, 0.717) is 18.1 Å². The molecule has 5 nitrogen and oxygen atoms in total. The summed E-state index contributed by atoms with van der Waals surface area (Å²) in [6, 6.07) is 6.79. The molecular formula is C17H29FIN5. The maximum Gasteiger partial charge on any atom is 0.191 e. The van der Waals surface area contributed by atoms with Gasteiger partial charge < -0.3 is 15.5 Å². The van der Waals surface area contributed by atoms with Gasteiger partial charge in [-0.05, 0) is 12.6 Å². The van der Waals surface area contributed by atoms with Crippen LogP contribution >= 0.6 is 24.0 Å². The first-order chi connectivity index (χ1) is 11.2. The van der Waals surface area contributed by atoms with E-state index < -0.39 is 0 Å². The van der Waals surface area contributed by atoms with E-state index in [-0.39, 0.29) is 29.8 Å². The molecule has 136 valence electrons. The molecule has 1 aliphatic heterocycles. The van der Waals surface area contributed by atoms with Crippen molar-refractivity contribution in [2.24, 2.45) is 4.99 Å². The predicted octanol–water partition coefficient (Wildman–Crippen LogP) is 1.75. The first-order valence-electron chi connectivity index (χ1n) is 8.35. The van der Waals surface area contributed by atoms with Gasteiger partial charge >= 0.3 is 0 Å². The van der Waals surface area contributed by atoms with E-state index in [1.807, 2.05) is 6.07 Å². The van der Waals surface area contributed by atoms with Crippen molar-refractivity contribution in [1.29, 1.82) is 0 Å². The lowest BCUT2D eigenvalue weighted by molar-refractivity contribution is 0.139. The fraction of sp³-hybridized carbons (Fsp3) is 0.588. The third-order valence-corrected chi connectivity index (χ3v) is 4.26. The van der Waals surface area contributed by atoms with Gasteiger partial charge in [-0.2, -0.15) is 0 Å². The molecule has 0 bridgehead atoms. The van der Waals surface area contributed by atoms with Gasteiger partial charge in [0.1, 0.15) is 5.82 Å². The Hall–Kier alpha value is -0.930. The average Bonchev–Trinajstić information content (AvgIpc) is 2.59. The third-order valence-electron chi connectivity index (χ3n) is 4.26. The number of benzene rings is 1. The van der Waals surface area contributed by atoms with E-state index in [2.05, 4.69) is 32.3 Å². The fourth-order valence-electron chi connectivity index (χ4n) is 2.70. The summed E-state index contributed by atoms with van der Waals surface area (Å²) in [5.41, 5.74) is 0.645. The molecule has 0 saturated carbocycles. The summed E-state index contributed by atoms with van der Waals surface area (Å²) in [6.07, 6.45) is 0. The number of guanidine groups is 1. The van der Waals surface area contributed by atoms with E-state index >= 15 is 0 Å². The smallest absolute Gasteiger partial charge is 0.191 e. The zero-order valence-corrected chi connectivity index (χ0v) is 16.9. The normalized spacial score (nSPS) is 16.5. The van der Waals surface area contributed by atoms with Crippen LogP contribution in [0.4, 0.5) is 4.39 Å². The predicted molar refractivity (Wildman–Crippen MR) is 109 cm³/mol. The average molecular weight is 449 g/mol. The van der Waals surface area contributed by atoms with Gasteiger partial charge in [0.15, 0.2) is 5.96 Å². The SMILES string of the molecule is CCN1CCN(CCNC(=NC)NCc2ccccc2F)CC1.I. The second-order valence-electron chi connectivity index (χ2n) is 5.72. The minimum Gasteiger partial charge on any atom is -0.355 e. The van der Waals surface area contributed by atoms with Crippen molar-refractivity contribution in [2.45, 2.75) is 13.5 Å². The zero-order valence-electron chi connectivity index (χ0n) is 14.6. The van der Waals surface area contributed by atoms with Crippen LogP contribution in [0, 0.1) is 5.82 Å². The highest BCUT2D eigenvalue weighted by molar-refractivity contribution is 14.0. The van der Waals surface area contributed by atoms with Crippen molar-refractivity contribution in [3.05, 3.63) is 35.6 Å². The molecule has 1 fully saturated rings. The highest BCUT2D eigenvalue weighted by Crippen LogP contribution is 2.05. The number of nitrogens with one attached hydrogen (secondary N) is 2. The van der Waals surface area contributed by atoms with Crippen LogP contribution in [0.1, 0.15) is 12.5 Å². The maximum atomic E-state index is 13.6. The molecule has 1 saturated heterocycles. The van der Waals surface area contributed by atoms with Crippen molar-refractivity contribution in [3.63, 3.8) is 0 Å². The molecule has 0 unspecified atom stereocenters. The molecule has 0 radical (unpaired) electrons. The lowest BCUT2D eigenvalue weighted by atomic mass is 10.2. The van der Waals surface area contributed by atoms with Crippen molar-refractivity contribution < 1.29 is 4.39 Å². The molecule has 1 aliphatic rings. The van der Waals surface area contributed by atoms with Gasteiger partial charge in [0, 0.05) is 58.4 Å². The van der Waals surface area contributed by atoms with Gasteiger partial charge in [-0.25, -0.2) is 4.39 Å². The molecule has 0 aliphatic carbocycles. The fourth-order valence-corrected chi connectivity index (χ4v) is 2.70. The third kappa shape index (κ3) is 6.90. The summed E-state index contributed by atoms with van der Waals surface area (Å²) in [7, 11) is 1.73. The molecule has 0 atom stereocenters. The van der Waals surface area contributed by atoms with Crippen LogP contribution in [0.3, 0.4) is 0 Å². The minimum atomic E-state index is -0.191. The Kier molecular flexibility index (Phi) is 10.2. The first kappa shape index (κ1) is 21.1. The van der Waals surface area contributed by atoms with E-state index in [0.717, 1.165) is 45.8 Å². The number of likely N-dealkylation sites (N-methyl/N-ethyl adjacent to an activating group) is 1. The second kappa shape index (κ2) is 11.6. The highest BCUT2D eigenvalue weighted by Gasteiger charge is 2.14. The summed E-state index contributed by atoms with van der Waals surface area (Å²) in [4.78, 5) is 9.12. The number of halogens is 2. The summed E-state index contributed by atoms with van der Waals surface area (Å²) < 4.78 is 13.6. The number of hydrogen-bond donors (Lipinski definition) is 2. The standard InChI is InChI=1S/C17H28FN5.HI/c1-3-22-10-12-23(13-11-22)9-8-20-17(19-2)21-14-15-6-4-5-7-16(15)18;/h4-7H,3,8-14H2,1-2H3,(H2,19,20,21);1H. The topological polar surface area (TPSA) is 42.9 Å². The summed E-state index contributed by atoms with van der Waals surface area (Å²) in [5, 5.41) is 6.45. The molecule has 1 aromatic rings. The Bertz CT molecular complexity index is 504. The lowest BCUT2D eigenvalue weighted by Crippen LogP contribution is -2.49. The van der Waals surface area contributed by atoms with E-state index in [4.69, 9.17) is 0 Å². The van der Waals surface area contributed by atoms with E-state index in [9.17, 15) is 4.39 Å². The molecule has 0 amide bonds. The van der Waals surface area contributed by atoms with Gasteiger partial charge in [0.25, 0.3) is 0 Å². The number of aliphatic imine (C=N–C) groups is 1. The molecule has 1 heterocycles. The second-order valence-corrected chi connectivity index (χ2v) is 5.72. The minimum absolute atomic E-state index is 0. The molecule has 2 N–H and O–H groups in total. The molecular weight excluding hydrogens is 420 g/mol. The van der Waals surface area contributed by atoms with Gasteiger partial charge in [-0.15, -0.1) is 24.0 Å². The first-order valence-corrected chi connectivity index (χ1v) is 8.35. The van der Waals surface area contributed by atoms with E-state index in [1.165, 1.54) is 6.07 Å². The monoisotopic (exact) mass is 449 g/mol. The lowest BCUT2D eigenvalue weighted by Gasteiger charge is -2.34. The molecule has 1 aromatic carbocycles. The molecule has 24 heavy (non-hydrogen) atoms. The van der Waals surface area contributed by atoms with Crippen molar-refractivity contribution in [1.82, 2.24) is 20.4 Å². The Labute approximate surface area is 161 Å². The number of hydrogen-bond acceptors (Lipinski definition) is 3. The van der Waals surface area contributed by atoms with Crippen LogP contribution in [-0.2, 0) is 6.54 Å². The van der Waals surface area contributed by atoms with Crippen LogP contribution in [0.5, 0.6) is 0 Å². The van der Waals surface area contributed by atoms with Gasteiger partial charge in [-0.1, -0.05) is 25.1 Å². The van der Waals surface area contributed by atoms with Gasteiger partial charge in [0.2, 0.25) is 0 Å². The van der Waals surface area contributed by atoms with Crippen molar-refractivity contribution >= 4 is 29.9 Å². The highest BCUT2D eigenvalue weighted by atomic mass is 127. The molecule has 0 aromatic heterocycles. The van der Waals surface area contributed by atoms with Gasteiger partial charge in [0.05, 0.1) is 0 Å². The number of nitrogens with zero attached hydrogens (tertiary/aromatic N) is 3. The van der Waals surface area contributed by atoms with Gasteiger partial charge in [-0.3, -0.25) is 9.89 Å². The summed E-state index contributed by atoms with van der Waals surface area (Å²) in [5.74, 6) is 0.518. The van der Waals surface area contributed by atoms with Crippen molar-refractivity contribution in [2.75, 3.05) is 52.9 Å². The Morgan fingerprint density at radius 2 is 1.79 bits per heavy atom. The van der Waals surface area contributed by atoms with Crippen LogP contribution in [0.25, 0.3) is 0 Å². The molecule has 0 spiro atoms. The number of piperazine rings is 1.